The maximum Gasteiger partial charge on any atom is 0.293 e. The number of pyridine rings is 1. The number of fused-ring (bicyclic) bond motifs is 2. The fraction of sp³-hybridized carbons (Fsp3) is 0.133. The number of terminal acetylenes is 1. The lowest BCUT2D eigenvalue weighted by molar-refractivity contribution is 0.101. The van der Waals surface area contributed by atoms with E-state index in [2.05, 4.69) is 47.2 Å². The predicted octanol–water partition coefficient (Wildman–Crippen LogP) is 6.23. The molecule has 2 heterocycles. The standard InChI is InChI=1S/C30H24N4O2/c1-4-17-36-22-14-15-27-24(18-22)28(21-12-10-20(11-13-21)19(2)3)34-29(32-27)30(35)33-26-9-5-8-25-23(26)7-6-16-31-25/h1,5-16,18-19H,17H2,2-3H3,(H,33,35). The van der Waals surface area contributed by atoms with E-state index in [9.17, 15) is 4.79 Å². The van der Waals surface area contributed by atoms with Gasteiger partial charge in [-0.3, -0.25) is 9.78 Å². The minimum Gasteiger partial charge on any atom is -0.481 e. The van der Waals surface area contributed by atoms with Crippen LogP contribution in [0.15, 0.2) is 79.0 Å². The molecule has 0 unspecified atom stereocenters. The minimum absolute atomic E-state index is 0.0728. The van der Waals surface area contributed by atoms with Crippen LogP contribution >= 0.6 is 0 Å². The summed E-state index contributed by atoms with van der Waals surface area (Å²) in [5, 5.41) is 4.57. The van der Waals surface area contributed by atoms with E-state index in [1.165, 1.54) is 5.56 Å². The summed E-state index contributed by atoms with van der Waals surface area (Å²) in [5.41, 5.74) is 4.81. The average molecular weight is 473 g/mol. The molecule has 0 fully saturated rings. The largest absolute Gasteiger partial charge is 0.481 e. The van der Waals surface area contributed by atoms with Gasteiger partial charge in [-0.15, -0.1) is 6.42 Å². The number of amides is 1. The summed E-state index contributed by atoms with van der Waals surface area (Å²) in [6.07, 6.45) is 7.07. The van der Waals surface area contributed by atoms with Crippen molar-refractivity contribution in [3.05, 3.63) is 90.4 Å². The Morgan fingerprint density at radius 3 is 2.58 bits per heavy atom. The van der Waals surface area contributed by atoms with Crippen LogP contribution in [0.4, 0.5) is 5.69 Å². The number of carbonyl (C=O) groups is 1. The van der Waals surface area contributed by atoms with E-state index in [4.69, 9.17) is 16.1 Å². The number of aromatic nitrogens is 3. The van der Waals surface area contributed by atoms with Crippen molar-refractivity contribution in [3.63, 3.8) is 0 Å². The van der Waals surface area contributed by atoms with E-state index in [1.807, 2.05) is 54.6 Å². The first-order chi connectivity index (χ1) is 17.5. The van der Waals surface area contributed by atoms with Crippen molar-refractivity contribution in [1.82, 2.24) is 15.0 Å². The molecule has 176 valence electrons. The summed E-state index contributed by atoms with van der Waals surface area (Å²) in [7, 11) is 0. The Balaban J connectivity index is 1.60. The zero-order chi connectivity index (χ0) is 25.1. The van der Waals surface area contributed by atoms with Gasteiger partial charge >= 0.3 is 0 Å². The Hall–Kier alpha value is -4.76. The molecular weight excluding hydrogens is 448 g/mol. The van der Waals surface area contributed by atoms with Crippen molar-refractivity contribution < 1.29 is 9.53 Å². The van der Waals surface area contributed by atoms with Crippen LogP contribution in [0.3, 0.4) is 0 Å². The molecule has 0 bridgehead atoms. The van der Waals surface area contributed by atoms with Crippen LogP contribution in [-0.2, 0) is 0 Å². The van der Waals surface area contributed by atoms with Crippen molar-refractivity contribution in [2.45, 2.75) is 19.8 Å². The smallest absolute Gasteiger partial charge is 0.293 e. The van der Waals surface area contributed by atoms with Crippen LogP contribution in [0.1, 0.15) is 35.9 Å². The molecule has 5 aromatic rings. The summed E-state index contributed by atoms with van der Waals surface area (Å²) in [4.78, 5) is 27.0. The number of hydrogen-bond donors (Lipinski definition) is 1. The number of nitrogens with one attached hydrogen (secondary N) is 1. The lowest BCUT2D eigenvalue weighted by Gasteiger charge is -2.13. The zero-order valence-corrected chi connectivity index (χ0v) is 20.0. The quantitative estimate of drug-likeness (QED) is 0.296. The van der Waals surface area contributed by atoms with Gasteiger partial charge in [0.2, 0.25) is 5.82 Å². The number of carbonyl (C=O) groups excluding carboxylic acids is 1. The van der Waals surface area contributed by atoms with Crippen LogP contribution in [-0.4, -0.2) is 27.5 Å². The van der Waals surface area contributed by atoms with E-state index in [-0.39, 0.29) is 12.4 Å². The van der Waals surface area contributed by atoms with Gasteiger partial charge < -0.3 is 10.1 Å². The van der Waals surface area contributed by atoms with Crippen molar-refractivity contribution in [2.75, 3.05) is 11.9 Å². The molecule has 0 spiro atoms. The first-order valence-electron chi connectivity index (χ1n) is 11.7. The Morgan fingerprint density at radius 1 is 0.972 bits per heavy atom. The molecule has 0 radical (unpaired) electrons. The van der Waals surface area contributed by atoms with Crippen LogP contribution in [0.2, 0.25) is 0 Å². The van der Waals surface area contributed by atoms with Gasteiger partial charge in [-0.25, -0.2) is 9.97 Å². The highest BCUT2D eigenvalue weighted by atomic mass is 16.5. The van der Waals surface area contributed by atoms with Crippen molar-refractivity contribution in [1.29, 1.82) is 0 Å². The second kappa shape index (κ2) is 9.85. The molecular formula is C30H24N4O2. The summed E-state index contributed by atoms with van der Waals surface area (Å²) in [6.45, 7) is 4.45. The van der Waals surface area contributed by atoms with Crippen LogP contribution in [0.25, 0.3) is 33.1 Å². The van der Waals surface area contributed by atoms with Gasteiger partial charge in [0.25, 0.3) is 5.91 Å². The second-order valence-corrected chi connectivity index (χ2v) is 8.67. The van der Waals surface area contributed by atoms with E-state index in [0.29, 0.717) is 28.6 Å². The minimum atomic E-state index is -0.402. The predicted molar refractivity (Wildman–Crippen MR) is 143 cm³/mol. The fourth-order valence-corrected chi connectivity index (χ4v) is 4.06. The van der Waals surface area contributed by atoms with Crippen LogP contribution in [0, 0.1) is 12.3 Å². The number of nitrogens with zero attached hydrogens (tertiary/aromatic N) is 3. The van der Waals surface area contributed by atoms with Gasteiger partial charge in [-0.1, -0.05) is 50.1 Å². The highest BCUT2D eigenvalue weighted by Crippen LogP contribution is 2.31. The van der Waals surface area contributed by atoms with Gasteiger partial charge in [-0.05, 0) is 53.9 Å². The van der Waals surface area contributed by atoms with Crippen LogP contribution in [0.5, 0.6) is 5.75 Å². The van der Waals surface area contributed by atoms with E-state index in [0.717, 1.165) is 21.9 Å². The first-order valence-corrected chi connectivity index (χ1v) is 11.7. The molecule has 0 aliphatic rings. The number of ether oxygens (including phenoxy) is 1. The van der Waals surface area contributed by atoms with Gasteiger partial charge in [0.15, 0.2) is 0 Å². The van der Waals surface area contributed by atoms with E-state index in [1.54, 1.807) is 12.3 Å². The molecule has 6 nitrogen and oxygen atoms in total. The number of rotatable bonds is 6. The first kappa shape index (κ1) is 23.0. The van der Waals surface area contributed by atoms with Gasteiger partial charge in [0, 0.05) is 22.5 Å². The third-order valence-corrected chi connectivity index (χ3v) is 5.94. The van der Waals surface area contributed by atoms with Gasteiger partial charge in [-0.2, -0.15) is 0 Å². The molecule has 0 saturated carbocycles. The third-order valence-electron chi connectivity index (χ3n) is 5.94. The third kappa shape index (κ3) is 4.59. The second-order valence-electron chi connectivity index (χ2n) is 8.67. The molecule has 0 aliphatic heterocycles. The fourth-order valence-electron chi connectivity index (χ4n) is 4.06. The van der Waals surface area contributed by atoms with E-state index < -0.39 is 5.91 Å². The average Bonchev–Trinajstić information content (AvgIpc) is 2.91. The molecule has 36 heavy (non-hydrogen) atoms. The Kier molecular flexibility index (Phi) is 6.29. The molecule has 1 amide bonds. The number of benzene rings is 3. The van der Waals surface area contributed by atoms with Crippen molar-refractivity contribution in [2.24, 2.45) is 0 Å². The number of hydrogen-bond acceptors (Lipinski definition) is 5. The van der Waals surface area contributed by atoms with Crippen molar-refractivity contribution >= 4 is 33.4 Å². The zero-order valence-electron chi connectivity index (χ0n) is 20.0. The highest BCUT2D eigenvalue weighted by Gasteiger charge is 2.17. The van der Waals surface area contributed by atoms with Gasteiger partial charge in [0.1, 0.15) is 12.4 Å². The highest BCUT2D eigenvalue weighted by molar-refractivity contribution is 6.08. The van der Waals surface area contributed by atoms with Gasteiger partial charge in [0.05, 0.1) is 22.4 Å². The summed E-state index contributed by atoms with van der Waals surface area (Å²) < 4.78 is 5.63. The molecule has 0 aliphatic carbocycles. The maximum absolute atomic E-state index is 13.3. The molecule has 5 rings (SSSR count). The Morgan fingerprint density at radius 2 is 1.81 bits per heavy atom. The Labute approximate surface area is 209 Å². The molecule has 2 aromatic heterocycles. The Bertz CT molecular complexity index is 1610. The molecule has 3 aromatic carbocycles. The maximum atomic E-state index is 13.3. The molecule has 0 saturated heterocycles. The monoisotopic (exact) mass is 472 g/mol. The molecule has 1 N–H and O–H groups in total. The molecule has 6 heteroatoms. The lowest BCUT2D eigenvalue weighted by Crippen LogP contribution is -2.16. The summed E-state index contributed by atoms with van der Waals surface area (Å²) >= 11 is 0. The normalized spacial score (nSPS) is 10.9. The summed E-state index contributed by atoms with van der Waals surface area (Å²) in [6, 6.07) is 23.0. The molecule has 0 atom stereocenters. The van der Waals surface area contributed by atoms with Crippen molar-refractivity contribution in [3.8, 4) is 29.4 Å². The number of anilines is 1. The topological polar surface area (TPSA) is 77.0 Å². The SMILES string of the molecule is C#CCOc1ccc2nc(C(=O)Nc3cccc4ncccc34)nc(-c3ccc(C(C)C)cc3)c2c1. The lowest BCUT2D eigenvalue weighted by atomic mass is 9.99. The van der Waals surface area contributed by atoms with Crippen LogP contribution < -0.4 is 10.1 Å². The summed E-state index contributed by atoms with van der Waals surface area (Å²) in [5.74, 6) is 3.17. The van der Waals surface area contributed by atoms with E-state index >= 15 is 0 Å².